The second kappa shape index (κ2) is 6.92. The van der Waals surface area contributed by atoms with E-state index in [1.807, 2.05) is 0 Å². The van der Waals surface area contributed by atoms with Crippen molar-refractivity contribution in [3.05, 3.63) is 66.2 Å². The maximum absolute atomic E-state index is 6.26. The van der Waals surface area contributed by atoms with Crippen molar-refractivity contribution < 1.29 is 9.47 Å². The molecule has 1 saturated heterocycles. The number of hydrogen-bond donors (Lipinski definition) is 1. The van der Waals surface area contributed by atoms with Gasteiger partial charge < -0.3 is 14.8 Å². The third-order valence-corrected chi connectivity index (χ3v) is 5.30. The Bertz CT molecular complexity index is 934. The lowest BCUT2D eigenvalue weighted by Gasteiger charge is -2.41. The lowest BCUT2D eigenvalue weighted by Crippen LogP contribution is -2.49. The van der Waals surface area contributed by atoms with E-state index in [2.05, 4.69) is 66.0 Å². The molecule has 0 amide bonds. The topological polar surface area (TPSA) is 30.5 Å². The Balaban J connectivity index is 0.00000168. The van der Waals surface area contributed by atoms with Crippen LogP contribution in [0.25, 0.3) is 21.9 Å². The minimum absolute atomic E-state index is 0. The summed E-state index contributed by atoms with van der Waals surface area (Å²) in [4.78, 5) is 0. The smallest absolute Gasteiger partial charge is 0.213 e. The number of benzene rings is 3. The number of fused-ring (bicyclic) bond motifs is 2. The van der Waals surface area contributed by atoms with Gasteiger partial charge >= 0.3 is 0 Å². The molecule has 0 atom stereocenters. The molecule has 4 heteroatoms. The van der Waals surface area contributed by atoms with E-state index >= 15 is 0 Å². The van der Waals surface area contributed by atoms with Crippen molar-refractivity contribution in [1.82, 2.24) is 5.32 Å². The molecule has 0 bridgehead atoms. The largest absolute Gasteiger partial charge is 0.462 e. The first-order chi connectivity index (χ1) is 12.3. The summed E-state index contributed by atoms with van der Waals surface area (Å²) in [6, 6.07) is 21.5. The molecule has 3 aromatic carbocycles. The predicted octanol–water partition coefficient (Wildman–Crippen LogP) is 4.92. The summed E-state index contributed by atoms with van der Waals surface area (Å²) in [7, 11) is 0. The van der Waals surface area contributed by atoms with Crippen molar-refractivity contribution in [1.29, 1.82) is 0 Å². The summed E-state index contributed by atoms with van der Waals surface area (Å²) in [5.41, 5.74) is 3.57. The SMILES string of the molecule is Cl.c1ccc2cc(-c3ccc4c(c3)COC3(CCNCC3)O4)ccc2c1. The summed E-state index contributed by atoms with van der Waals surface area (Å²) >= 11 is 0. The number of rotatable bonds is 1. The molecule has 1 N–H and O–H groups in total. The fourth-order valence-electron chi connectivity index (χ4n) is 3.83. The molecular formula is C22H22ClNO2. The molecule has 134 valence electrons. The summed E-state index contributed by atoms with van der Waals surface area (Å²) in [5.74, 6) is 0.542. The highest BCUT2D eigenvalue weighted by molar-refractivity contribution is 5.87. The van der Waals surface area contributed by atoms with Gasteiger partial charge in [0.05, 0.1) is 6.61 Å². The number of halogens is 1. The summed E-state index contributed by atoms with van der Waals surface area (Å²) < 4.78 is 12.4. The average molecular weight is 368 g/mol. The van der Waals surface area contributed by atoms with E-state index in [9.17, 15) is 0 Å². The van der Waals surface area contributed by atoms with E-state index < -0.39 is 5.79 Å². The predicted molar refractivity (Wildman–Crippen MR) is 107 cm³/mol. The van der Waals surface area contributed by atoms with Crippen LogP contribution < -0.4 is 10.1 Å². The van der Waals surface area contributed by atoms with Crippen LogP contribution in [0.15, 0.2) is 60.7 Å². The number of piperidine rings is 1. The van der Waals surface area contributed by atoms with Crippen LogP contribution in [0.5, 0.6) is 5.75 Å². The molecular weight excluding hydrogens is 346 g/mol. The molecule has 0 aromatic heterocycles. The number of nitrogens with one attached hydrogen (secondary N) is 1. The third kappa shape index (κ3) is 3.07. The molecule has 26 heavy (non-hydrogen) atoms. The molecule has 5 rings (SSSR count). The first-order valence-corrected chi connectivity index (χ1v) is 8.97. The Morgan fingerprint density at radius 3 is 2.38 bits per heavy atom. The average Bonchev–Trinajstić information content (AvgIpc) is 2.68. The van der Waals surface area contributed by atoms with Gasteiger partial charge in [0.2, 0.25) is 5.79 Å². The monoisotopic (exact) mass is 367 g/mol. The van der Waals surface area contributed by atoms with Gasteiger partial charge in [-0.15, -0.1) is 12.4 Å². The number of hydrogen-bond acceptors (Lipinski definition) is 3. The second-order valence-electron chi connectivity index (χ2n) is 6.94. The summed E-state index contributed by atoms with van der Waals surface area (Å²) in [6.45, 7) is 2.52. The number of ether oxygens (including phenoxy) is 2. The Labute approximate surface area is 159 Å². The fraction of sp³-hybridized carbons (Fsp3) is 0.273. The zero-order chi connectivity index (χ0) is 16.7. The first-order valence-electron chi connectivity index (χ1n) is 8.97. The molecule has 2 heterocycles. The van der Waals surface area contributed by atoms with Crippen LogP contribution in [0.1, 0.15) is 18.4 Å². The van der Waals surface area contributed by atoms with Crippen LogP contribution in [-0.4, -0.2) is 18.9 Å². The molecule has 0 unspecified atom stereocenters. The molecule has 3 aromatic rings. The quantitative estimate of drug-likeness (QED) is 0.662. The highest BCUT2D eigenvalue weighted by atomic mass is 35.5. The van der Waals surface area contributed by atoms with E-state index in [0.29, 0.717) is 6.61 Å². The van der Waals surface area contributed by atoms with Crippen molar-refractivity contribution >= 4 is 23.2 Å². The van der Waals surface area contributed by atoms with Crippen LogP contribution in [0.3, 0.4) is 0 Å². The van der Waals surface area contributed by atoms with Crippen LogP contribution in [0.2, 0.25) is 0 Å². The standard InChI is InChI=1S/C22H21NO2.ClH/c1-2-4-17-13-18(6-5-16(17)3-1)19-7-8-21-20(14-19)15-24-22(25-21)9-11-23-12-10-22;/h1-8,13-14,23H,9-12,15H2;1H. The van der Waals surface area contributed by atoms with E-state index in [1.54, 1.807) is 0 Å². The molecule has 1 fully saturated rings. The van der Waals surface area contributed by atoms with Crippen molar-refractivity contribution in [3.63, 3.8) is 0 Å². The Hall–Kier alpha value is -2.07. The van der Waals surface area contributed by atoms with Gasteiger partial charge in [-0.05, 0) is 40.1 Å². The molecule has 0 radical (unpaired) electrons. The van der Waals surface area contributed by atoms with Crippen molar-refractivity contribution in [2.45, 2.75) is 25.2 Å². The Morgan fingerprint density at radius 2 is 1.54 bits per heavy atom. The highest BCUT2D eigenvalue weighted by Gasteiger charge is 2.38. The summed E-state index contributed by atoms with van der Waals surface area (Å²) in [6.07, 6.45) is 1.80. The van der Waals surface area contributed by atoms with E-state index in [4.69, 9.17) is 9.47 Å². The Morgan fingerprint density at radius 1 is 0.808 bits per heavy atom. The third-order valence-electron chi connectivity index (χ3n) is 5.30. The lowest BCUT2D eigenvalue weighted by molar-refractivity contribution is -0.218. The maximum atomic E-state index is 6.26. The summed E-state index contributed by atoms with van der Waals surface area (Å²) in [5, 5.41) is 5.90. The van der Waals surface area contributed by atoms with Gasteiger partial charge in [0.15, 0.2) is 0 Å². The zero-order valence-corrected chi connectivity index (χ0v) is 15.4. The molecule has 3 nitrogen and oxygen atoms in total. The van der Waals surface area contributed by atoms with Crippen LogP contribution in [-0.2, 0) is 11.3 Å². The fourth-order valence-corrected chi connectivity index (χ4v) is 3.83. The van der Waals surface area contributed by atoms with Crippen LogP contribution >= 0.6 is 12.4 Å². The van der Waals surface area contributed by atoms with E-state index in [0.717, 1.165) is 37.2 Å². The van der Waals surface area contributed by atoms with Gasteiger partial charge in [-0.2, -0.15) is 0 Å². The van der Waals surface area contributed by atoms with Gasteiger partial charge in [-0.25, -0.2) is 0 Å². The maximum Gasteiger partial charge on any atom is 0.213 e. The molecule has 2 aliphatic heterocycles. The minimum Gasteiger partial charge on any atom is -0.462 e. The van der Waals surface area contributed by atoms with Crippen molar-refractivity contribution in [2.75, 3.05) is 13.1 Å². The second-order valence-corrected chi connectivity index (χ2v) is 6.94. The van der Waals surface area contributed by atoms with Gasteiger partial charge in [-0.1, -0.05) is 42.5 Å². The van der Waals surface area contributed by atoms with E-state index in [-0.39, 0.29) is 12.4 Å². The van der Waals surface area contributed by atoms with Crippen LogP contribution in [0, 0.1) is 0 Å². The van der Waals surface area contributed by atoms with Crippen molar-refractivity contribution in [2.24, 2.45) is 0 Å². The first kappa shape index (κ1) is 17.3. The van der Waals surface area contributed by atoms with Gasteiger partial charge in [0.1, 0.15) is 5.75 Å². The highest BCUT2D eigenvalue weighted by Crippen LogP contribution is 2.38. The normalized spacial score (nSPS) is 18.0. The minimum atomic E-state index is -0.428. The molecule has 1 spiro atoms. The van der Waals surface area contributed by atoms with Crippen molar-refractivity contribution in [3.8, 4) is 16.9 Å². The Kier molecular flexibility index (Phi) is 4.62. The lowest BCUT2D eigenvalue weighted by atomic mass is 9.98. The van der Waals surface area contributed by atoms with Crippen LogP contribution in [0.4, 0.5) is 0 Å². The molecule has 0 saturated carbocycles. The molecule has 0 aliphatic carbocycles. The van der Waals surface area contributed by atoms with Gasteiger partial charge in [-0.3, -0.25) is 0 Å². The van der Waals surface area contributed by atoms with Gasteiger partial charge in [0, 0.05) is 31.5 Å². The van der Waals surface area contributed by atoms with E-state index in [1.165, 1.54) is 21.9 Å². The zero-order valence-electron chi connectivity index (χ0n) is 14.5. The molecule has 2 aliphatic rings. The van der Waals surface area contributed by atoms with Gasteiger partial charge in [0.25, 0.3) is 0 Å².